The number of carbonyl (C=O) groups excluding carboxylic acids is 2. The topological polar surface area (TPSA) is 96.9 Å². The molecule has 0 atom stereocenters. The highest BCUT2D eigenvalue weighted by atomic mass is 35.5. The minimum absolute atomic E-state index is 0.148. The Morgan fingerprint density at radius 1 is 1.07 bits per heavy atom. The van der Waals surface area contributed by atoms with Gasteiger partial charge < -0.3 is 19.7 Å². The lowest BCUT2D eigenvalue weighted by molar-refractivity contribution is -0.117. The summed E-state index contributed by atoms with van der Waals surface area (Å²) in [6.07, 6.45) is 4.48. The van der Waals surface area contributed by atoms with Crippen molar-refractivity contribution in [1.29, 1.82) is 0 Å². The zero-order valence-corrected chi connectivity index (χ0v) is 16.4. The Labute approximate surface area is 172 Å². The van der Waals surface area contributed by atoms with Gasteiger partial charge in [0.05, 0.1) is 23.5 Å². The first-order valence-electron chi connectivity index (χ1n) is 9.27. The molecular weight excluding hydrogens is 398 g/mol. The molecule has 0 unspecified atom stereocenters. The summed E-state index contributed by atoms with van der Waals surface area (Å²) in [5.41, 5.74) is 0.810. The van der Waals surface area contributed by atoms with Gasteiger partial charge in [0.2, 0.25) is 5.91 Å². The van der Waals surface area contributed by atoms with Gasteiger partial charge in [0.15, 0.2) is 11.5 Å². The number of fused-ring (bicyclic) bond motifs is 1. The highest BCUT2D eigenvalue weighted by molar-refractivity contribution is 6.34. The largest absolute Gasteiger partial charge is 0.486 e. The van der Waals surface area contributed by atoms with Gasteiger partial charge in [-0.3, -0.25) is 19.5 Å². The van der Waals surface area contributed by atoms with Crippen molar-refractivity contribution in [3.63, 3.8) is 0 Å². The maximum atomic E-state index is 12.5. The highest BCUT2D eigenvalue weighted by Crippen LogP contribution is 2.37. The van der Waals surface area contributed by atoms with Crippen LogP contribution in [-0.2, 0) is 4.79 Å². The Hall–Kier alpha value is -2.91. The predicted molar refractivity (Wildman–Crippen MR) is 105 cm³/mol. The molecule has 0 saturated carbocycles. The molecular formula is C19H20ClN5O4. The van der Waals surface area contributed by atoms with E-state index in [0.717, 1.165) is 0 Å². The molecule has 2 amide bonds. The zero-order valence-electron chi connectivity index (χ0n) is 15.6. The predicted octanol–water partition coefficient (Wildman–Crippen LogP) is 1.30. The van der Waals surface area contributed by atoms with Gasteiger partial charge in [-0.2, -0.15) is 0 Å². The van der Waals surface area contributed by atoms with Crippen LogP contribution in [0.25, 0.3) is 0 Å². The van der Waals surface area contributed by atoms with Crippen molar-refractivity contribution in [2.45, 2.75) is 0 Å². The number of nitrogens with zero attached hydrogens (tertiary/aromatic N) is 4. The fourth-order valence-corrected chi connectivity index (χ4v) is 3.43. The molecule has 9 nitrogen and oxygen atoms in total. The van der Waals surface area contributed by atoms with E-state index in [0.29, 0.717) is 67.3 Å². The van der Waals surface area contributed by atoms with E-state index >= 15 is 0 Å². The van der Waals surface area contributed by atoms with Crippen LogP contribution in [0.1, 0.15) is 10.5 Å². The van der Waals surface area contributed by atoms with E-state index < -0.39 is 0 Å². The Bertz CT molecular complexity index is 903. The Morgan fingerprint density at radius 2 is 1.79 bits per heavy atom. The van der Waals surface area contributed by atoms with E-state index in [4.69, 9.17) is 21.1 Å². The standard InChI is InChI=1S/C19H20ClN5O4/c20-13-9-16-17(29-8-7-28-16)10-14(13)23-18(26)12-24-3-5-25(6-4-24)19(27)15-11-21-1-2-22-15/h1-2,9-11H,3-8,12H2,(H,23,26). The Morgan fingerprint density at radius 3 is 2.48 bits per heavy atom. The fraction of sp³-hybridized carbons (Fsp3) is 0.368. The van der Waals surface area contributed by atoms with E-state index in [-0.39, 0.29) is 18.4 Å². The van der Waals surface area contributed by atoms with Crippen LogP contribution in [0.15, 0.2) is 30.7 Å². The second-order valence-electron chi connectivity index (χ2n) is 6.68. The van der Waals surface area contributed by atoms with Crippen LogP contribution in [0, 0.1) is 0 Å². The highest BCUT2D eigenvalue weighted by Gasteiger charge is 2.24. The van der Waals surface area contributed by atoms with Crippen molar-refractivity contribution in [2.75, 3.05) is 51.3 Å². The maximum Gasteiger partial charge on any atom is 0.274 e. The normalized spacial score (nSPS) is 16.4. The summed E-state index contributed by atoms with van der Waals surface area (Å²) in [6.45, 7) is 3.36. The molecule has 2 aliphatic rings. The molecule has 10 heteroatoms. The summed E-state index contributed by atoms with van der Waals surface area (Å²) in [5.74, 6) is 0.803. The number of hydrogen-bond acceptors (Lipinski definition) is 7. The van der Waals surface area contributed by atoms with Crippen LogP contribution in [-0.4, -0.2) is 77.5 Å². The summed E-state index contributed by atoms with van der Waals surface area (Å²) in [4.78, 5) is 36.5. The summed E-state index contributed by atoms with van der Waals surface area (Å²) in [6, 6.07) is 3.31. The first-order chi connectivity index (χ1) is 14.1. The van der Waals surface area contributed by atoms with Gasteiger partial charge in [0.25, 0.3) is 5.91 Å². The number of rotatable bonds is 4. The van der Waals surface area contributed by atoms with Gasteiger partial charge in [0, 0.05) is 50.7 Å². The number of aromatic nitrogens is 2. The monoisotopic (exact) mass is 417 g/mol. The molecule has 29 heavy (non-hydrogen) atoms. The first kappa shape index (κ1) is 19.4. The lowest BCUT2D eigenvalue weighted by Crippen LogP contribution is -2.50. The zero-order chi connectivity index (χ0) is 20.2. The Kier molecular flexibility index (Phi) is 5.77. The SMILES string of the molecule is O=C(CN1CCN(C(=O)c2cnccn2)CC1)Nc1cc2c(cc1Cl)OCCO2. The smallest absolute Gasteiger partial charge is 0.274 e. The van der Waals surface area contributed by atoms with Gasteiger partial charge >= 0.3 is 0 Å². The molecule has 0 spiro atoms. The molecule has 1 saturated heterocycles. The summed E-state index contributed by atoms with van der Waals surface area (Å²) in [5, 5.41) is 3.21. The second-order valence-corrected chi connectivity index (χ2v) is 7.09. The maximum absolute atomic E-state index is 12.5. The molecule has 0 bridgehead atoms. The number of carbonyl (C=O) groups is 2. The number of hydrogen-bond donors (Lipinski definition) is 1. The molecule has 2 aliphatic heterocycles. The molecule has 2 aromatic rings. The minimum Gasteiger partial charge on any atom is -0.486 e. The van der Waals surface area contributed by atoms with E-state index in [1.807, 2.05) is 4.90 Å². The Balaban J connectivity index is 1.30. The van der Waals surface area contributed by atoms with Crippen molar-refractivity contribution >= 4 is 29.1 Å². The quantitative estimate of drug-likeness (QED) is 0.800. The lowest BCUT2D eigenvalue weighted by Gasteiger charge is -2.34. The molecule has 1 aromatic heterocycles. The molecule has 1 aromatic carbocycles. The van der Waals surface area contributed by atoms with Crippen molar-refractivity contribution in [2.24, 2.45) is 0 Å². The van der Waals surface area contributed by atoms with Crippen LogP contribution in [0.2, 0.25) is 5.02 Å². The number of halogens is 1. The van der Waals surface area contributed by atoms with Gasteiger partial charge in [-0.1, -0.05) is 11.6 Å². The van der Waals surface area contributed by atoms with Crippen LogP contribution in [0.5, 0.6) is 11.5 Å². The number of ether oxygens (including phenoxy) is 2. The van der Waals surface area contributed by atoms with Crippen LogP contribution in [0.3, 0.4) is 0 Å². The van der Waals surface area contributed by atoms with E-state index in [1.54, 1.807) is 17.0 Å². The van der Waals surface area contributed by atoms with Gasteiger partial charge in [-0.15, -0.1) is 0 Å². The molecule has 0 aliphatic carbocycles. The molecule has 4 rings (SSSR count). The van der Waals surface area contributed by atoms with Crippen molar-refractivity contribution in [1.82, 2.24) is 19.8 Å². The summed E-state index contributed by atoms with van der Waals surface area (Å²) >= 11 is 6.24. The van der Waals surface area contributed by atoms with Crippen molar-refractivity contribution < 1.29 is 19.1 Å². The van der Waals surface area contributed by atoms with Gasteiger partial charge in [-0.05, 0) is 0 Å². The fourth-order valence-electron chi connectivity index (χ4n) is 3.23. The average Bonchev–Trinajstić information content (AvgIpc) is 2.75. The minimum atomic E-state index is -0.183. The first-order valence-corrected chi connectivity index (χ1v) is 9.64. The molecule has 0 radical (unpaired) electrons. The lowest BCUT2D eigenvalue weighted by atomic mass is 10.2. The number of amides is 2. The van der Waals surface area contributed by atoms with Gasteiger partial charge in [0.1, 0.15) is 18.9 Å². The molecule has 1 N–H and O–H groups in total. The number of anilines is 1. The summed E-state index contributed by atoms with van der Waals surface area (Å²) < 4.78 is 11.0. The average molecular weight is 418 g/mol. The third-order valence-electron chi connectivity index (χ3n) is 4.71. The second kappa shape index (κ2) is 8.62. The molecule has 1 fully saturated rings. The van der Waals surface area contributed by atoms with Crippen LogP contribution < -0.4 is 14.8 Å². The van der Waals surface area contributed by atoms with Crippen LogP contribution in [0.4, 0.5) is 5.69 Å². The van der Waals surface area contributed by atoms with Crippen LogP contribution >= 0.6 is 11.6 Å². The third kappa shape index (κ3) is 4.57. The van der Waals surface area contributed by atoms with E-state index in [9.17, 15) is 9.59 Å². The number of benzene rings is 1. The summed E-state index contributed by atoms with van der Waals surface area (Å²) in [7, 11) is 0. The van der Waals surface area contributed by atoms with Crippen molar-refractivity contribution in [3.05, 3.63) is 41.4 Å². The van der Waals surface area contributed by atoms with E-state index in [2.05, 4.69) is 15.3 Å². The van der Waals surface area contributed by atoms with E-state index in [1.165, 1.54) is 18.6 Å². The third-order valence-corrected chi connectivity index (χ3v) is 5.03. The van der Waals surface area contributed by atoms with Gasteiger partial charge in [-0.25, -0.2) is 4.98 Å². The molecule has 3 heterocycles. The number of piperazine rings is 1. The number of nitrogens with one attached hydrogen (secondary N) is 1. The molecule has 152 valence electrons. The van der Waals surface area contributed by atoms with Crippen molar-refractivity contribution in [3.8, 4) is 11.5 Å².